The van der Waals surface area contributed by atoms with Crippen molar-refractivity contribution in [1.29, 1.82) is 0 Å². The molecule has 2 aliphatic rings. The van der Waals surface area contributed by atoms with E-state index in [2.05, 4.69) is 6.92 Å². The topological polar surface area (TPSA) is 46.3 Å². The first-order chi connectivity index (χ1) is 7.60. The van der Waals surface area contributed by atoms with Crippen molar-refractivity contribution in [1.82, 2.24) is 4.90 Å². The Labute approximate surface area is 102 Å². The van der Waals surface area contributed by atoms with Crippen molar-refractivity contribution in [3.8, 4) is 0 Å². The minimum atomic E-state index is -0.474. The Hall–Kier alpha value is -0.640. The lowest BCUT2D eigenvalue weighted by molar-refractivity contribution is -0.140. The van der Waals surface area contributed by atoms with Crippen LogP contribution in [0, 0.1) is 11.3 Å². The number of carbonyl (C=O) groups excluding carboxylic acids is 1. The van der Waals surface area contributed by atoms with Crippen molar-refractivity contribution in [2.75, 3.05) is 13.1 Å². The van der Waals surface area contributed by atoms with Crippen LogP contribution in [0.25, 0.3) is 0 Å². The molecule has 1 amide bonds. The predicted molar refractivity (Wildman–Crippen MR) is 68.0 cm³/mol. The molecule has 2 fully saturated rings. The van der Waals surface area contributed by atoms with Gasteiger partial charge >= 0.3 is 0 Å². The number of amides is 1. The fourth-order valence-corrected chi connectivity index (χ4v) is 3.04. The van der Waals surface area contributed by atoms with Gasteiger partial charge in [-0.25, -0.2) is 0 Å². The van der Waals surface area contributed by atoms with Crippen molar-refractivity contribution >= 4 is 23.1 Å². The Morgan fingerprint density at radius 3 is 2.62 bits per heavy atom. The van der Waals surface area contributed by atoms with Crippen molar-refractivity contribution < 1.29 is 4.79 Å². The largest absolute Gasteiger partial charge is 0.392 e. The zero-order chi connectivity index (χ0) is 11.8. The van der Waals surface area contributed by atoms with Crippen LogP contribution in [0.15, 0.2) is 0 Å². The molecule has 90 valence electrons. The van der Waals surface area contributed by atoms with E-state index in [0.717, 1.165) is 45.2 Å². The number of nitrogens with two attached hydrogens (primary N) is 1. The number of likely N-dealkylation sites (tertiary alicyclic amines) is 1. The molecule has 2 rings (SSSR count). The van der Waals surface area contributed by atoms with Crippen molar-refractivity contribution in [3.63, 3.8) is 0 Å². The standard InChI is InChI=1S/C12H20N2OS/c1-2-9-4-7-14(8-9)11(15)12(10(13)16)5-3-6-12/h9H,2-8H2,1H3,(H2,13,16). The Morgan fingerprint density at radius 1 is 1.56 bits per heavy atom. The maximum absolute atomic E-state index is 12.4. The van der Waals surface area contributed by atoms with Crippen molar-refractivity contribution in [3.05, 3.63) is 0 Å². The summed E-state index contributed by atoms with van der Waals surface area (Å²) in [5, 5.41) is 0. The Morgan fingerprint density at radius 2 is 2.25 bits per heavy atom. The first-order valence-electron chi connectivity index (χ1n) is 6.19. The average molecular weight is 240 g/mol. The van der Waals surface area contributed by atoms with Crippen LogP contribution in [0.3, 0.4) is 0 Å². The summed E-state index contributed by atoms with van der Waals surface area (Å²) in [5.74, 6) is 0.870. The van der Waals surface area contributed by atoms with Crippen LogP contribution >= 0.6 is 12.2 Å². The second kappa shape index (κ2) is 4.32. The SMILES string of the molecule is CCC1CCN(C(=O)C2(C(N)=S)CCC2)C1. The lowest BCUT2D eigenvalue weighted by Crippen LogP contribution is -2.53. The highest BCUT2D eigenvalue weighted by Gasteiger charge is 2.49. The Balaban J connectivity index is 2.05. The van der Waals surface area contributed by atoms with Gasteiger partial charge in [-0.05, 0) is 25.2 Å². The van der Waals surface area contributed by atoms with E-state index in [9.17, 15) is 4.79 Å². The maximum atomic E-state index is 12.4. The highest BCUT2D eigenvalue weighted by Crippen LogP contribution is 2.43. The minimum absolute atomic E-state index is 0.196. The molecule has 1 atom stereocenters. The number of hydrogen-bond acceptors (Lipinski definition) is 2. The van der Waals surface area contributed by atoms with E-state index in [1.807, 2.05) is 4.90 Å². The first kappa shape index (κ1) is 11.8. The number of thiocarbonyl (C=S) groups is 1. The van der Waals surface area contributed by atoms with Gasteiger partial charge < -0.3 is 10.6 Å². The molecule has 16 heavy (non-hydrogen) atoms. The fourth-order valence-electron chi connectivity index (χ4n) is 2.75. The molecular formula is C12H20N2OS. The van der Waals surface area contributed by atoms with Gasteiger partial charge in [0.05, 0.1) is 10.4 Å². The van der Waals surface area contributed by atoms with Gasteiger partial charge in [0, 0.05) is 13.1 Å². The number of carbonyl (C=O) groups is 1. The van der Waals surface area contributed by atoms with E-state index in [1.165, 1.54) is 0 Å². The number of hydrogen-bond donors (Lipinski definition) is 1. The molecule has 0 aromatic rings. The number of rotatable bonds is 3. The fraction of sp³-hybridized carbons (Fsp3) is 0.833. The second-order valence-corrected chi connectivity index (χ2v) is 5.55. The summed E-state index contributed by atoms with van der Waals surface area (Å²) in [6.45, 7) is 3.98. The summed E-state index contributed by atoms with van der Waals surface area (Å²) in [6, 6.07) is 0. The summed E-state index contributed by atoms with van der Waals surface area (Å²) >= 11 is 5.08. The molecule has 1 saturated heterocycles. The van der Waals surface area contributed by atoms with E-state index < -0.39 is 5.41 Å². The molecule has 0 spiro atoms. The summed E-state index contributed by atoms with van der Waals surface area (Å²) in [6.07, 6.45) is 5.08. The van der Waals surface area contributed by atoms with Crippen LogP contribution in [0.1, 0.15) is 39.0 Å². The molecule has 1 aliphatic heterocycles. The minimum Gasteiger partial charge on any atom is -0.392 e. The van der Waals surface area contributed by atoms with Crippen LogP contribution in [0.2, 0.25) is 0 Å². The first-order valence-corrected chi connectivity index (χ1v) is 6.60. The third-order valence-corrected chi connectivity index (χ3v) is 4.63. The highest BCUT2D eigenvalue weighted by atomic mass is 32.1. The third kappa shape index (κ3) is 1.73. The van der Waals surface area contributed by atoms with E-state index in [1.54, 1.807) is 0 Å². The van der Waals surface area contributed by atoms with Gasteiger partial charge in [-0.15, -0.1) is 0 Å². The molecule has 2 N–H and O–H groups in total. The second-order valence-electron chi connectivity index (χ2n) is 5.11. The van der Waals surface area contributed by atoms with E-state index >= 15 is 0 Å². The lowest BCUT2D eigenvalue weighted by atomic mass is 9.67. The Bertz CT molecular complexity index is 312. The lowest BCUT2D eigenvalue weighted by Gasteiger charge is -2.41. The molecule has 0 bridgehead atoms. The van der Waals surface area contributed by atoms with E-state index in [0.29, 0.717) is 10.9 Å². The molecule has 0 aromatic heterocycles. The molecule has 4 heteroatoms. The summed E-state index contributed by atoms with van der Waals surface area (Å²) < 4.78 is 0. The summed E-state index contributed by atoms with van der Waals surface area (Å²) in [5.41, 5.74) is 5.28. The predicted octanol–water partition coefficient (Wildman–Crippen LogP) is 1.70. The quantitative estimate of drug-likeness (QED) is 0.764. The molecule has 1 aliphatic carbocycles. The Kier molecular flexibility index (Phi) is 3.19. The molecule has 3 nitrogen and oxygen atoms in total. The van der Waals surface area contributed by atoms with Gasteiger partial charge in [-0.3, -0.25) is 4.79 Å². The maximum Gasteiger partial charge on any atom is 0.235 e. The number of nitrogens with zero attached hydrogens (tertiary/aromatic N) is 1. The third-order valence-electron chi connectivity index (χ3n) is 4.24. The average Bonchev–Trinajstić information content (AvgIpc) is 2.62. The zero-order valence-electron chi connectivity index (χ0n) is 9.87. The molecule has 0 aromatic carbocycles. The van der Waals surface area contributed by atoms with Gasteiger partial charge in [0.25, 0.3) is 0 Å². The normalized spacial score (nSPS) is 27.6. The van der Waals surface area contributed by atoms with Gasteiger partial charge in [0.1, 0.15) is 0 Å². The summed E-state index contributed by atoms with van der Waals surface area (Å²) in [7, 11) is 0. The zero-order valence-corrected chi connectivity index (χ0v) is 10.7. The molecule has 1 heterocycles. The molecule has 0 radical (unpaired) electrons. The van der Waals surface area contributed by atoms with Gasteiger partial charge in [0.2, 0.25) is 5.91 Å². The van der Waals surface area contributed by atoms with Crippen LogP contribution in [-0.2, 0) is 4.79 Å². The van der Waals surface area contributed by atoms with E-state index in [-0.39, 0.29) is 5.91 Å². The molecule has 1 saturated carbocycles. The van der Waals surface area contributed by atoms with Crippen molar-refractivity contribution in [2.24, 2.45) is 17.1 Å². The highest BCUT2D eigenvalue weighted by molar-refractivity contribution is 7.80. The van der Waals surface area contributed by atoms with E-state index in [4.69, 9.17) is 18.0 Å². The van der Waals surface area contributed by atoms with Crippen LogP contribution < -0.4 is 5.73 Å². The molecule has 1 unspecified atom stereocenters. The van der Waals surface area contributed by atoms with Crippen LogP contribution in [-0.4, -0.2) is 28.9 Å². The van der Waals surface area contributed by atoms with Crippen molar-refractivity contribution in [2.45, 2.75) is 39.0 Å². The smallest absolute Gasteiger partial charge is 0.235 e. The monoisotopic (exact) mass is 240 g/mol. The van der Waals surface area contributed by atoms with Crippen LogP contribution in [0.4, 0.5) is 0 Å². The van der Waals surface area contributed by atoms with Gasteiger partial charge in [0.15, 0.2) is 0 Å². The molecular weight excluding hydrogens is 220 g/mol. The van der Waals surface area contributed by atoms with Gasteiger partial charge in [-0.2, -0.15) is 0 Å². The summed E-state index contributed by atoms with van der Waals surface area (Å²) in [4.78, 5) is 14.8. The van der Waals surface area contributed by atoms with Gasteiger partial charge in [-0.1, -0.05) is 32.0 Å². The van der Waals surface area contributed by atoms with Crippen LogP contribution in [0.5, 0.6) is 0 Å².